The van der Waals surface area contributed by atoms with Crippen LogP contribution in [0.1, 0.15) is 32.6 Å². The van der Waals surface area contributed by atoms with Gasteiger partial charge >= 0.3 is 0 Å². The van der Waals surface area contributed by atoms with E-state index in [2.05, 4.69) is 33.1 Å². The van der Waals surface area contributed by atoms with Crippen LogP contribution in [0.4, 0.5) is 0 Å². The molecule has 10 heavy (non-hydrogen) atoms. The van der Waals surface area contributed by atoms with Crippen LogP contribution >= 0.6 is 15.9 Å². The largest absolute Gasteiger partial charge is 0.188 e. The molecule has 1 rings (SSSR count). The molecule has 0 aromatic rings. The van der Waals surface area contributed by atoms with Gasteiger partial charge in [-0.15, -0.1) is 0 Å². The maximum Gasteiger partial charge on any atom is 0.188 e. The van der Waals surface area contributed by atoms with Crippen LogP contribution < -0.4 is 0 Å². The van der Waals surface area contributed by atoms with Gasteiger partial charge in [0, 0.05) is 5.33 Å². The topological polar surface area (TPSA) is 24.7 Å². The van der Waals surface area contributed by atoms with Crippen molar-refractivity contribution in [1.29, 1.82) is 0 Å². The van der Waals surface area contributed by atoms with Crippen LogP contribution in [0, 0.1) is 0 Å². The smallest absolute Gasteiger partial charge is 0.159 e. The minimum absolute atomic E-state index is 0.0340. The molecule has 0 bridgehead atoms. The van der Waals surface area contributed by atoms with E-state index in [1.807, 2.05) is 0 Å². The van der Waals surface area contributed by atoms with Crippen molar-refractivity contribution in [1.82, 2.24) is 0 Å². The highest BCUT2D eigenvalue weighted by molar-refractivity contribution is 9.09. The van der Waals surface area contributed by atoms with E-state index in [0.717, 1.165) is 11.8 Å². The number of unbranched alkanes of at least 4 members (excludes halogenated alkanes) is 2. The predicted octanol–water partition coefficient (Wildman–Crippen LogP) is 3.12. The van der Waals surface area contributed by atoms with Crippen molar-refractivity contribution in [3.8, 4) is 0 Å². The van der Waals surface area contributed by atoms with Crippen molar-refractivity contribution in [2.45, 2.75) is 38.3 Å². The first-order valence-electron chi connectivity index (χ1n) is 3.77. The Morgan fingerprint density at radius 2 is 1.90 bits per heavy atom. The fraction of sp³-hybridized carbons (Fsp3) is 1.00. The molecule has 58 valence electrons. The van der Waals surface area contributed by atoms with Crippen LogP contribution in [0.2, 0.25) is 0 Å². The third kappa shape index (κ3) is 2.78. The summed E-state index contributed by atoms with van der Waals surface area (Å²) in [4.78, 5) is 0. The van der Waals surface area contributed by atoms with Gasteiger partial charge in [0.05, 0.1) is 0 Å². The fourth-order valence-corrected chi connectivity index (χ4v) is 1.31. The van der Waals surface area contributed by atoms with Gasteiger partial charge in [-0.05, 0) is 26.2 Å². The minimum atomic E-state index is 0.0340. The average Bonchev–Trinajstić information content (AvgIpc) is 2.62. The summed E-state index contributed by atoms with van der Waals surface area (Å²) >= 11 is 3.40. The number of rotatable bonds is 5. The summed E-state index contributed by atoms with van der Waals surface area (Å²) in [7, 11) is 0. The van der Waals surface area contributed by atoms with Gasteiger partial charge in [0.15, 0.2) is 5.66 Å². The Morgan fingerprint density at radius 3 is 2.40 bits per heavy atom. The molecule has 0 radical (unpaired) electrons. The van der Waals surface area contributed by atoms with Crippen LogP contribution in [-0.2, 0) is 0 Å². The molecule has 0 saturated heterocycles. The van der Waals surface area contributed by atoms with E-state index in [-0.39, 0.29) is 5.66 Å². The maximum absolute atomic E-state index is 3.95. The summed E-state index contributed by atoms with van der Waals surface area (Å²) in [6.45, 7) is 2.08. The molecule has 1 heterocycles. The van der Waals surface area contributed by atoms with Gasteiger partial charge in [0.2, 0.25) is 0 Å². The molecule has 0 spiro atoms. The van der Waals surface area contributed by atoms with Crippen LogP contribution in [0.25, 0.3) is 0 Å². The van der Waals surface area contributed by atoms with E-state index in [1.54, 1.807) is 0 Å². The molecule has 0 atom stereocenters. The Hall–Kier alpha value is 0.0800. The lowest BCUT2D eigenvalue weighted by Gasteiger charge is -2.01. The minimum Gasteiger partial charge on any atom is -0.159 e. The number of hydrogen-bond donors (Lipinski definition) is 0. The first-order valence-corrected chi connectivity index (χ1v) is 4.89. The zero-order valence-corrected chi connectivity index (χ0v) is 7.89. The van der Waals surface area contributed by atoms with Crippen molar-refractivity contribution >= 4 is 15.9 Å². The fourth-order valence-electron chi connectivity index (χ4n) is 0.917. The predicted molar refractivity (Wildman–Crippen MR) is 45.5 cm³/mol. The van der Waals surface area contributed by atoms with Crippen LogP contribution in [-0.4, -0.2) is 11.0 Å². The molecule has 3 heteroatoms. The van der Waals surface area contributed by atoms with Gasteiger partial charge in [-0.2, -0.15) is 10.2 Å². The van der Waals surface area contributed by atoms with Gasteiger partial charge in [0.1, 0.15) is 0 Å². The summed E-state index contributed by atoms with van der Waals surface area (Å²) in [6, 6.07) is 0. The molecular formula is C7H13BrN2. The lowest BCUT2D eigenvalue weighted by atomic mass is 10.1. The van der Waals surface area contributed by atoms with Crippen LogP contribution in [0.5, 0.6) is 0 Å². The summed E-state index contributed by atoms with van der Waals surface area (Å²) in [5.74, 6) is 0. The molecule has 0 N–H and O–H groups in total. The zero-order chi connectivity index (χ0) is 7.45. The van der Waals surface area contributed by atoms with E-state index in [1.165, 1.54) is 19.3 Å². The lowest BCUT2D eigenvalue weighted by molar-refractivity contribution is 0.547. The Labute approximate surface area is 70.2 Å². The quantitative estimate of drug-likeness (QED) is 0.486. The highest BCUT2D eigenvalue weighted by Crippen LogP contribution is 2.32. The molecule has 0 amide bonds. The number of hydrogen-bond acceptors (Lipinski definition) is 2. The Morgan fingerprint density at radius 1 is 1.20 bits per heavy atom. The summed E-state index contributed by atoms with van der Waals surface area (Å²) < 4.78 is 0. The molecule has 0 aromatic carbocycles. The number of nitrogens with zero attached hydrogens (tertiary/aromatic N) is 2. The van der Waals surface area contributed by atoms with Gasteiger partial charge in [-0.25, -0.2) is 0 Å². The van der Waals surface area contributed by atoms with Crippen LogP contribution in [0.15, 0.2) is 10.2 Å². The van der Waals surface area contributed by atoms with Crippen molar-refractivity contribution in [2.75, 3.05) is 5.33 Å². The Kier molecular flexibility index (Phi) is 2.83. The molecule has 0 aromatic heterocycles. The molecule has 0 aliphatic carbocycles. The highest BCUT2D eigenvalue weighted by Gasteiger charge is 2.32. The van der Waals surface area contributed by atoms with Gasteiger partial charge in [-0.3, -0.25) is 0 Å². The number of halogens is 1. The molecule has 0 unspecified atom stereocenters. The van der Waals surface area contributed by atoms with Crippen molar-refractivity contribution < 1.29 is 0 Å². The van der Waals surface area contributed by atoms with E-state index in [0.29, 0.717) is 0 Å². The standard InChI is InChI=1S/C7H13BrN2/c1-7(9-10-7)5-3-2-4-6-8/h2-6H2,1H3. The monoisotopic (exact) mass is 204 g/mol. The third-order valence-electron chi connectivity index (χ3n) is 1.73. The van der Waals surface area contributed by atoms with Crippen LogP contribution in [0.3, 0.4) is 0 Å². The maximum atomic E-state index is 3.95. The second-order valence-electron chi connectivity index (χ2n) is 2.92. The SMILES string of the molecule is CC1(CCCCCBr)N=N1. The van der Waals surface area contributed by atoms with Gasteiger partial charge in [-0.1, -0.05) is 22.4 Å². The molecule has 0 fully saturated rings. The van der Waals surface area contributed by atoms with Gasteiger partial charge in [0.25, 0.3) is 0 Å². The van der Waals surface area contributed by atoms with Gasteiger partial charge < -0.3 is 0 Å². The summed E-state index contributed by atoms with van der Waals surface area (Å²) in [6.07, 6.45) is 4.97. The highest BCUT2D eigenvalue weighted by atomic mass is 79.9. The Bertz CT molecular complexity index is 128. The normalized spacial score (nSPS) is 19.4. The molecule has 2 nitrogen and oxygen atoms in total. The van der Waals surface area contributed by atoms with E-state index < -0.39 is 0 Å². The van der Waals surface area contributed by atoms with Crippen molar-refractivity contribution in [2.24, 2.45) is 10.2 Å². The molecule has 1 aliphatic rings. The average molecular weight is 205 g/mol. The molecular weight excluding hydrogens is 192 g/mol. The summed E-state index contributed by atoms with van der Waals surface area (Å²) in [5.41, 5.74) is 0.0340. The van der Waals surface area contributed by atoms with Crippen molar-refractivity contribution in [3.63, 3.8) is 0 Å². The second kappa shape index (κ2) is 3.46. The second-order valence-corrected chi connectivity index (χ2v) is 3.71. The Balaban J connectivity index is 1.86. The van der Waals surface area contributed by atoms with E-state index in [4.69, 9.17) is 0 Å². The third-order valence-corrected chi connectivity index (χ3v) is 2.29. The first kappa shape index (κ1) is 8.18. The summed E-state index contributed by atoms with van der Waals surface area (Å²) in [5, 5.41) is 9.01. The van der Waals surface area contributed by atoms with Crippen molar-refractivity contribution in [3.05, 3.63) is 0 Å². The lowest BCUT2D eigenvalue weighted by Crippen LogP contribution is -2.02. The van der Waals surface area contributed by atoms with E-state index in [9.17, 15) is 0 Å². The molecule has 1 aliphatic heterocycles. The molecule has 0 saturated carbocycles. The zero-order valence-electron chi connectivity index (χ0n) is 6.31. The first-order chi connectivity index (χ1) is 4.77. The van der Waals surface area contributed by atoms with E-state index >= 15 is 0 Å². The number of alkyl halides is 1.